The van der Waals surface area contributed by atoms with Crippen molar-refractivity contribution in [2.75, 3.05) is 12.8 Å². The number of hydrogen-bond donors (Lipinski definition) is 2. The SMILES string of the molecule is COC(=O)CC1(NC(=O)c2cc(F)c(F)cc2N)CCCCC1. The molecule has 0 aliphatic heterocycles. The lowest BCUT2D eigenvalue weighted by Crippen LogP contribution is -2.51. The average Bonchev–Trinajstić information content (AvgIpc) is 2.51. The molecule has 0 atom stereocenters. The molecular weight excluding hydrogens is 306 g/mol. The third-order valence-electron chi connectivity index (χ3n) is 4.24. The van der Waals surface area contributed by atoms with Crippen LogP contribution in [0.25, 0.3) is 0 Å². The molecule has 1 aromatic rings. The number of ether oxygens (including phenoxy) is 1. The number of benzene rings is 1. The van der Waals surface area contributed by atoms with Crippen LogP contribution in [0.4, 0.5) is 14.5 Å². The van der Waals surface area contributed by atoms with Gasteiger partial charge in [-0.15, -0.1) is 0 Å². The van der Waals surface area contributed by atoms with Crippen LogP contribution in [0.1, 0.15) is 48.9 Å². The van der Waals surface area contributed by atoms with Crippen LogP contribution in [0, 0.1) is 11.6 Å². The van der Waals surface area contributed by atoms with E-state index in [1.807, 2.05) is 0 Å². The summed E-state index contributed by atoms with van der Waals surface area (Å²) < 4.78 is 31.2. The van der Waals surface area contributed by atoms with Crippen molar-refractivity contribution in [2.24, 2.45) is 0 Å². The summed E-state index contributed by atoms with van der Waals surface area (Å²) >= 11 is 0. The zero-order chi connectivity index (χ0) is 17.0. The summed E-state index contributed by atoms with van der Waals surface area (Å²) in [6.45, 7) is 0. The van der Waals surface area contributed by atoms with Crippen LogP contribution in [-0.2, 0) is 9.53 Å². The third kappa shape index (κ3) is 3.97. The molecular formula is C16H20F2N2O3. The predicted molar refractivity (Wildman–Crippen MR) is 80.7 cm³/mol. The summed E-state index contributed by atoms with van der Waals surface area (Å²) in [7, 11) is 1.29. The number of carbonyl (C=O) groups is 2. The van der Waals surface area contributed by atoms with Gasteiger partial charge in [0.05, 0.1) is 24.6 Å². The predicted octanol–water partition coefficient (Wildman–Crippen LogP) is 2.54. The van der Waals surface area contributed by atoms with Crippen molar-refractivity contribution in [3.8, 4) is 0 Å². The Labute approximate surface area is 133 Å². The van der Waals surface area contributed by atoms with Crippen molar-refractivity contribution in [3.63, 3.8) is 0 Å². The molecule has 1 fully saturated rings. The van der Waals surface area contributed by atoms with E-state index in [1.54, 1.807) is 0 Å². The van der Waals surface area contributed by atoms with E-state index < -0.39 is 29.0 Å². The molecule has 3 N–H and O–H groups in total. The van der Waals surface area contributed by atoms with E-state index in [0.29, 0.717) is 12.8 Å². The van der Waals surface area contributed by atoms with Crippen molar-refractivity contribution >= 4 is 17.6 Å². The highest BCUT2D eigenvalue weighted by Crippen LogP contribution is 2.32. The number of amides is 1. The smallest absolute Gasteiger partial charge is 0.307 e. The first-order chi connectivity index (χ1) is 10.9. The van der Waals surface area contributed by atoms with Crippen molar-refractivity contribution < 1.29 is 23.1 Å². The summed E-state index contributed by atoms with van der Waals surface area (Å²) in [6.07, 6.45) is 4.04. The fraction of sp³-hybridized carbons (Fsp3) is 0.500. The molecule has 0 saturated heterocycles. The largest absolute Gasteiger partial charge is 0.469 e. The molecule has 0 radical (unpaired) electrons. The number of nitrogens with two attached hydrogens (primary N) is 1. The van der Waals surface area contributed by atoms with E-state index in [0.717, 1.165) is 31.4 Å². The molecule has 2 rings (SSSR count). The zero-order valence-corrected chi connectivity index (χ0v) is 13.0. The lowest BCUT2D eigenvalue weighted by Gasteiger charge is -2.37. The second-order valence-electron chi connectivity index (χ2n) is 5.90. The van der Waals surface area contributed by atoms with Gasteiger partial charge < -0.3 is 15.8 Å². The lowest BCUT2D eigenvalue weighted by molar-refractivity contribution is -0.142. The molecule has 23 heavy (non-hydrogen) atoms. The summed E-state index contributed by atoms with van der Waals surface area (Å²) in [6, 6.07) is 1.55. The molecule has 1 amide bonds. The Kier molecular flexibility index (Phi) is 5.18. The molecule has 0 aromatic heterocycles. The normalized spacial score (nSPS) is 16.7. The van der Waals surface area contributed by atoms with Crippen LogP contribution < -0.4 is 11.1 Å². The molecule has 5 nitrogen and oxygen atoms in total. The van der Waals surface area contributed by atoms with Gasteiger partial charge in [0.15, 0.2) is 11.6 Å². The molecule has 0 bridgehead atoms. The van der Waals surface area contributed by atoms with E-state index in [-0.39, 0.29) is 17.7 Å². The van der Waals surface area contributed by atoms with Crippen LogP contribution in [0.5, 0.6) is 0 Å². The Bertz CT molecular complexity index is 614. The zero-order valence-electron chi connectivity index (χ0n) is 13.0. The van der Waals surface area contributed by atoms with Crippen molar-refractivity contribution in [1.82, 2.24) is 5.32 Å². The van der Waals surface area contributed by atoms with Crippen molar-refractivity contribution in [1.29, 1.82) is 0 Å². The lowest BCUT2D eigenvalue weighted by atomic mass is 9.79. The Hall–Kier alpha value is -2.18. The molecule has 7 heteroatoms. The highest BCUT2D eigenvalue weighted by molar-refractivity contribution is 5.99. The van der Waals surface area contributed by atoms with Gasteiger partial charge in [-0.05, 0) is 18.9 Å². The number of esters is 1. The second-order valence-corrected chi connectivity index (χ2v) is 5.90. The standard InChI is InChI=1S/C16H20F2N2O3/c1-23-14(21)9-16(5-3-2-4-6-16)20-15(22)10-7-11(17)12(18)8-13(10)19/h7-8H,2-6,9,19H2,1H3,(H,20,22). The van der Waals surface area contributed by atoms with E-state index in [4.69, 9.17) is 10.5 Å². The topological polar surface area (TPSA) is 81.4 Å². The van der Waals surface area contributed by atoms with Crippen LogP contribution in [0.2, 0.25) is 0 Å². The Morgan fingerprint density at radius 3 is 2.43 bits per heavy atom. The highest BCUT2D eigenvalue weighted by atomic mass is 19.2. The molecule has 1 aliphatic carbocycles. The van der Waals surface area contributed by atoms with Gasteiger partial charge in [-0.1, -0.05) is 19.3 Å². The molecule has 1 saturated carbocycles. The summed E-state index contributed by atoms with van der Waals surface area (Å²) in [5, 5.41) is 2.79. The number of nitrogens with one attached hydrogen (secondary N) is 1. The monoisotopic (exact) mass is 326 g/mol. The number of carbonyl (C=O) groups excluding carboxylic acids is 2. The van der Waals surface area contributed by atoms with E-state index in [2.05, 4.69) is 5.32 Å². The van der Waals surface area contributed by atoms with Gasteiger partial charge in [-0.25, -0.2) is 8.78 Å². The molecule has 0 unspecified atom stereocenters. The van der Waals surface area contributed by atoms with E-state index in [1.165, 1.54) is 7.11 Å². The van der Waals surface area contributed by atoms with Crippen LogP contribution in [0.3, 0.4) is 0 Å². The Balaban J connectivity index is 2.24. The minimum Gasteiger partial charge on any atom is -0.469 e. The first-order valence-corrected chi connectivity index (χ1v) is 7.51. The first kappa shape index (κ1) is 17.2. The molecule has 1 aromatic carbocycles. The van der Waals surface area contributed by atoms with Gasteiger partial charge in [-0.3, -0.25) is 9.59 Å². The van der Waals surface area contributed by atoms with Gasteiger partial charge in [0, 0.05) is 11.8 Å². The summed E-state index contributed by atoms with van der Waals surface area (Å²) in [5.74, 6) is -3.30. The maximum atomic E-state index is 13.4. The Morgan fingerprint density at radius 2 is 1.83 bits per heavy atom. The highest BCUT2D eigenvalue weighted by Gasteiger charge is 2.36. The number of nitrogen functional groups attached to an aromatic ring is 1. The average molecular weight is 326 g/mol. The molecule has 0 spiro atoms. The van der Waals surface area contributed by atoms with Crippen LogP contribution in [-0.4, -0.2) is 24.5 Å². The van der Waals surface area contributed by atoms with Gasteiger partial charge in [-0.2, -0.15) is 0 Å². The quantitative estimate of drug-likeness (QED) is 0.658. The van der Waals surface area contributed by atoms with Crippen LogP contribution >= 0.6 is 0 Å². The number of rotatable bonds is 4. The number of hydrogen-bond acceptors (Lipinski definition) is 4. The molecule has 1 aliphatic rings. The van der Waals surface area contributed by atoms with Gasteiger partial charge in [0.2, 0.25) is 0 Å². The van der Waals surface area contributed by atoms with E-state index in [9.17, 15) is 18.4 Å². The summed E-state index contributed by atoms with van der Waals surface area (Å²) in [5.41, 5.74) is 4.58. The summed E-state index contributed by atoms with van der Waals surface area (Å²) in [4.78, 5) is 24.1. The second kappa shape index (κ2) is 6.93. The molecule has 126 valence electrons. The third-order valence-corrected chi connectivity index (χ3v) is 4.24. The van der Waals surface area contributed by atoms with Gasteiger partial charge >= 0.3 is 5.97 Å². The minimum absolute atomic E-state index is 0.0405. The first-order valence-electron chi connectivity index (χ1n) is 7.51. The fourth-order valence-corrected chi connectivity index (χ4v) is 2.99. The molecule has 0 heterocycles. The number of methoxy groups -OCH3 is 1. The minimum atomic E-state index is -1.14. The van der Waals surface area contributed by atoms with Gasteiger partial charge in [0.25, 0.3) is 5.91 Å². The van der Waals surface area contributed by atoms with Crippen LogP contribution in [0.15, 0.2) is 12.1 Å². The maximum absolute atomic E-state index is 13.4. The van der Waals surface area contributed by atoms with E-state index >= 15 is 0 Å². The maximum Gasteiger partial charge on any atom is 0.307 e. The van der Waals surface area contributed by atoms with Crippen molar-refractivity contribution in [3.05, 3.63) is 29.3 Å². The number of halogens is 2. The Morgan fingerprint density at radius 1 is 1.22 bits per heavy atom. The fourth-order valence-electron chi connectivity index (χ4n) is 2.99. The number of anilines is 1. The van der Waals surface area contributed by atoms with Crippen molar-refractivity contribution in [2.45, 2.75) is 44.1 Å². The van der Waals surface area contributed by atoms with Gasteiger partial charge in [0.1, 0.15) is 0 Å².